The summed E-state index contributed by atoms with van der Waals surface area (Å²) in [6, 6.07) is 9.60. The number of benzene rings is 1. The summed E-state index contributed by atoms with van der Waals surface area (Å²) >= 11 is 0. The molecule has 116 valence electrons. The molecule has 3 heteroatoms. The van der Waals surface area contributed by atoms with Crippen LogP contribution in [-0.2, 0) is 4.79 Å². The van der Waals surface area contributed by atoms with Gasteiger partial charge >= 0.3 is 0 Å². The molecule has 1 aromatic rings. The van der Waals surface area contributed by atoms with E-state index in [9.17, 15) is 4.79 Å². The van der Waals surface area contributed by atoms with E-state index in [0.717, 1.165) is 25.9 Å². The van der Waals surface area contributed by atoms with E-state index in [-0.39, 0.29) is 5.92 Å². The van der Waals surface area contributed by atoms with Crippen LogP contribution in [-0.4, -0.2) is 29.9 Å². The van der Waals surface area contributed by atoms with E-state index in [1.165, 1.54) is 11.1 Å². The van der Waals surface area contributed by atoms with Gasteiger partial charge in [-0.15, -0.1) is 0 Å². The Balaban J connectivity index is 1.83. The Hall–Kier alpha value is -1.35. The number of rotatable bonds is 4. The summed E-state index contributed by atoms with van der Waals surface area (Å²) in [6.07, 6.45) is 2.10. The SMILES string of the molecule is Cc1ccc(C(C)NC2CCN(C(=O)C(C)C)CC2)cc1. The van der Waals surface area contributed by atoms with Crippen LogP contribution in [0.1, 0.15) is 50.8 Å². The molecule has 1 amide bonds. The Morgan fingerprint density at radius 3 is 2.24 bits per heavy atom. The predicted molar refractivity (Wildman–Crippen MR) is 87.2 cm³/mol. The third-order valence-electron chi connectivity index (χ3n) is 4.36. The van der Waals surface area contributed by atoms with Gasteiger partial charge in [-0.1, -0.05) is 43.7 Å². The standard InChI is InChI=1S/C18H28N2O/c1-13(2)18(21)20-11-9-17(10-12-20)19-15(4)16-7-5-14(3)6-8-16/h5-8,13,15,17,19H,9-12H2,1-4H3. The molecular weight excluding hydrogens is 260 g/mol. The highest BCUT2D eigenvalue weighted by Gasteiger charge is 2.24. The van der Waals surface area contributed by atoms with Gasteiger partial charge in [0.15, 0.2) is 0 Å². The number of piperidine rings is 1. The molecule has 1 unspecified atom stereocenters. The summed E-state index contributed by atoms with van der Waals surface area (Å²) in [5.41, 5.74) is 2.63. The second kappa shape index (κ2) is 7.08. The molecule has 1 aliphatic heterocycles. The first kappa shape index (κ1) is 16.0. The van der Waals surface area contributed by atoms with Crippen LogP contribution in [0.5, 0.6) is 0 Å². The van der Waals surface area contributed by atoms with Crippen molar-refractivity contribution in [1.82, 2.24) is 10.2 Å². The van der Waals surface area contributed by atoms with Gasteiger partial charge in [0.1, 0.15) is 0 Å². The number of aryl methyl sites for hydroxylation is 1. The minimum Gasteiger partial charge on any atom is -0.342 e. The zero-order chi connectivity index (χ0) is 15.4. The fourth-order valence-corrected chi connectivity index (χ4v) is 2.94. The van der Waals surface area contributed by atoms with Crippen LogP contribution in [0.3, 0.4) is 0 Å². The quantitative estimate of drug-likeness (QED) is 0.922. The number of hydrogen-bond acceptors (Lipinski definition) is 2. The van der Waals surface area contributed by atoms with Gasteiger partial charge in [0.25, 0.3) is 0 Å². The van der Waals surface area contributed by atoms with Gasteiger partial charge < -0.3 is 10.2 Å². The summed E-state index contributed by atoms with van der Waals surface area (Å²) in [5.74, 6) is 0.404. The van der Waals surface area contributed by atoms with Crippen molar-refractivity contribution in [2.75, 3.05) is 13.1 Å². The van der Waals surface area contributed by atoms with Crippen LogP contribution in [0.4, 0.5) is 0 Å². The first-order valence-corrected chi connectivity index (χ1v) is 8.08. The van der Waals surface area contributed by atoms with Crippen molar-refractivity contribution in [3.63, 3.8) is 0 Å². The molecule has 21 heavy (non-hydrogen) atoms. The van der Waals surface area contributed by atoms with Crippen LogP contribution in [0.25, 0.3) is 0 Å². The minimum absolute atomic E-state index is 0.112. The van der Waals surface area contributed by atoms with Crippen molar-refractivity contribution in [3.05, 3.63) is 35.4 Å². The lowest BCUT2D eigenvalue weighted by Crippen LogP contribution is -2.46. The topological polar surface area (TPSA) is 32.3 Å². The highest BCUT2D eigenvalue weighted by Crippen LogP contribution is 2.18. The Morgan fingerprint density at radius 1 is 1.14 bits per heavy atom. The van der Waals surface area contributed by atoms with Gasteiger partial charge in [-0.2, -0.15) is 0 Å². The lowest BCUT2D eigenvalue weighted by Gasteiger charge is -2.35. The van der Waals surface area contributed by atoms with Crippen LogP contribution in [0.2, 0.25) is 0 Å². The Kier molecular flexibility index (Phi) is 5.40. The van der Waals surface area contributed by atoms with Crippen LogP contribution in [0, 0.1) is 12.8 Å². The molecule has 1 aromatic carbocycles. The van der Waals surface area contributed by atoms with Gasteiger partial charge in [-0.05, 0) is 32.3 Å². The molecule has 0 aliphatic carbocycles. The Labute approximate surface area is 128 Å². The fourth-order valence-electron chi connectivity index (χ4n) is 2.94. The number of carbonyl (C=O) groups is 1. The number of amides is 1. The van der Waals surface area contributed by atoms with Crippen LogP contribution < -0.4 is 5.32 Å². The number of nitrogens with zero attached hydrogens (tertiary/aromatic N) is 1. The number of likely N-dealkylation sites (tertiary alicyclic amines) is 1. The first-order chi connectivity index (χ1) is 9.97. The summed E-state index contributed by atoms with van der Waals surface area (Å²) in [6.45, 7) is 10.1. The fraction of sp³-hybridized carbons (Fsp3) is 0.611. The van der Waals surface area contributed by atoms with E-state index < -0.39 is 0 Å². The van der Waals surface area contributed by atoms with Gasteiger partial charge in [0.2, 0.25) is 5.91 Å². The number of hydrogen-bond donors (Lipinski definition) is 1. The monoisotopic (exact) mass is 288 g/mol. The zero-order valence-electron chi connectivity index (χ0n) is 13.7. The Morgan fingerprint density at radius 2 is 1.71 bits per heavy atom. The molecule has 2 rings (SSSR count). The van der Waals surface area contributed by atoms with Crippen molar-refractivity contribution in [1.29, 1.82) is 0 Å². The van der Waals surface area contributed by atoms with Gasteiger partial charge in [0, 0.05) is 31.1 Å². The second-order valence-electron chi connectivity index (χ2n) is 6.55. The maximum absolute atomic E-state index is 12.0. The van der Waals surface area contributed by atoms with Crippen molar-refractivity contribution >= 4 is 5.91 Å². The number of nitrogens with one attached hydrogen (secondary N) is 1. The molecule has 1 fully saturated rings. The molecule has 1 saturated heterocycles. The maximum atomic E-state index is 12.0. The summed E-state index contributed by atoms with van der Waals surface area (Å²) < 4.78 is 0. The van der Waals surface area contributed by atoms with E-state index in [4.69, 9.17) is 0 Å². The molecule has 3 nitrogen and oxygen atoms in total. The van der Waals surface area contributed by atoms with Gasteiger partial charge in [0.05, 0.1) is 0 Å². The van der Waals surface area contributed by atoms with Crippen molar-refractivity contribution in [3.8, 4) is 0 Å². The van der Waals surface area contributed by atoms with E-state index in [1.54, 1.807) is 0 Å². The summed E-state index contributed by atoms with van der Waals surface area (Å²) in [5, 5.41) is 3.71. The molecule has 1 atom stereocenters. The minimum atomic E-state index is 0.112. The zero-order valence-corrected chi connectivity index (χ0v) is 13.7. The molecule has 0 radical (unpaired) electrons. The first-order valence-electron chi connectivity index (χ1n) is 8.08. The third-order valence-corrected chi connectivity index (χ3v) is 4.36. The molecule has 0 saturated carbocycles. The van der Waals surface area contributed by atoms with Crippen LogP contribution in [0.15, 0.2) is 24.3 Å². The largest absolute Gasteiger partial charge is 0.342 e. The van der Waals surface area contributed by atoms with Crippen molar-refractivity contribution in [2.24, 2.45) is 5.92 Å². The number of carbonyl (C=O) groups excluding carboxylic acids is 1. The maximum Gasteiger partial charge on any atom is 0.225 e. The highest BCUT2D eigenvalue weighted by molar-refractivity contribution is 5.78. The average Bonchev–Trinajstić information content (AvgIpc) is 2.47. The summed E-state index contributed by atoms with van der Waals surface area (Å²) in [4.78, 5) is 14.0. The van der Waals surface area contributed by atoms with Gasteiger partial charge in [-0.25, -0.2) is 0 Å². The van der Waals surface area contributed by atoms with E-state index in [0.29, 0.717) is 18.0 Å². The molecule has 0 aromatic heterocycles. The lowest BCUT2D eigenvalue weighted by molar-refractivity contribution is -0.135. The average molecular weight is 288 g/mol. The van der Waals surface area contributed by atoms with Crippen LogP contribution >= 0.6 is 0 Å². The van der Waals surface area contributed by atoms with E-state index in [2.05, 4.69) is 43.4 Å². The molecule has 0 bridgehead atoms. The molecule has 1 aliphatic rings. The van der Waals surface area contributed by atoms with E-state index >= 15 is 0 Å². The lowest BCUT2D eigenvalue weighted by atomic mass is 10.00. The van der Waals surface area contributed by atoms with Gasteiger partial charge in [-0.3, -0.25) is 4.79 Å². The third kappa shape index (κ3) is 4.31. The molecular formula is C18H28N2O. The normalized spacial score (nSPS) is 18.0. The molecule has 0 spiro atoms. The smallest absolute Gasteiger partial charge is 0.225 e. The highest BCUT2D eigenvalue weighted by atomic mass is 16.2. The second-order valence-corrected chi connectivity index (χ2v) is 6.55. The van der Waals surface area contributed by atoms with Crippen molar-refractivity contribution < 1.29 is 4.79 Å². The summed E-state index contributed by atoms with van der Waals surface area (Å²) in [7, 11) is 0. The van der Waals surface area contributed by atoms with E-state index in [1.807, 2.05) is 18.7 Å². The molecule has 1 N–H and O–H groups in total. The predicted octanol–water partition coefficient (Wildman–Crippen LogP) is 3.29. The Bertz CT molecular complexity index is 459. The molecule has 1 heterocycles. The van der Waals surface area contributed by atoms with Crippen molar-refractivity contribution in [2.45, 2.75) is 52.6 Å².